The number of aromatic nitrogens is 2. The summed E-state index contributed by atoms with van der Waals surface area (Å²) in [5.74, 6) is 0.701. The van der Waals surface area contributed by atoms with E-state index in [-0.39, 0.29) is 0 Å². The van der Waals surface area contributed by atoms with E-state index in [2.05, 4.69) is 188 Å². The molecular formula is C52H32N2S2. The van der Waals surface area contributed by atoms with Crippen molar-refractivity contribution in [2.45, 2.75) is 0 Å². The third-order valence-corrected chi connectivity index (χ3v) is 13.0. The lowest BCUT2D eigenvalue weighted by molar-refractivity contribution is 1.18. The van der Waals surface area contributed by atoms with Crippen LogP contribution in [0.3, 0.4) is 0 Å². The molecule has 262 valence electrons. The second kappa shape index (κ2) is 13.5. The van der Waals surface area contributed by atoms with Crippen molar-refractivity contribution in [2.75, 3.05) is 0 Å². The van der Waals surface area contributed by atoms with Crippen molar-refractivity contribution in [2.24, 2.45) is 0 Å². The summed E-state index contributed by atoms with van der Waals surface area (Å²) in [7, 11) is 0. The van der Waals surface area contributed by atoms with E-state index in [0.717, 1.165) is 39.2 Å². The van der Waals surface area contributed by atoms with Crippen LogP contribution in [0.4, 0.5) is 0 Å². The minimum absolute atomic E-state index is 0.701. The summed E-state index contributed by atoms with van der Waals surface area (Å²) < 4.78 is 5.19. The van der Waals surface area contributed by atoms with Crippen LogP contribution < -0.4 is 0 Å². The molecule has 0 aliphatic heterocycles. The average molecular weight is 749 g/mol. The number of hydrogen-bond donors (Lipinski definition) is 0. The monoisotopic (exact) mass is 748 g/mol. The van der Waals surface area contributed by atoms with Crippen molar-refractivity contribution in [3.8, 4) is 67.3 Å². The van der Waals surface area contributed by atoms with Gasteiger partial charge in [0.25, 0.3) is 0 Å². The fourth-order valence-electron chi connectivity index (χ4n) is 8.01. The first kappa shape index (κ1) is 32.7. The summed E-state index contributed by atoms with van der Waals surface area (Å²) in [6.07, 6.45) is 0. The molecule has 11 aromatic rings. The molecule has 0 unspecified atom stereocenters. The molecule has 0 fully saturated rings. The van der Waals surface area contributed by atoms with Crippen LogP contribution in [0.25, 0.3) is 108 Å². The summed E-state index contributed by atoms with van der Waals surface area (Å²) in [4.78, 5) is 10.6. The molecule has 0 amide bonds. The van der Waals surface area contributed by atoms with Crippen molar-refractivity contribution in [1.29, 1.82) is 0 Å². The predicted molar refractivity (Wildman–Crippen MR) is 240 cm³/mol. The molecule has 0 N–H and O–H groups in total. The van der Waals surface area contributed by atoms with Crippen molar-refractivity contribution in [3.05, 3.63) is 194 Å². The molecule has 3 aromatic heterocycles. The van der Waals surface area contributed by atoms with Crippen LogP contribution in [-0.4, -0.2) is 9.97 Å². The highest BCUT2D eigenvalue weighted by Gasteiger charge is 2.20. The topological polar surface area (TPSA) is 25.8 Å². The van der Waals surface area contributed by atoms with Gasteiger partial charge in [-0.2, -0.15) is 0 Å². The first-order valence-electron chi connectivity index (χ1n) is 18.8. The highest BCUT2D eigenvalue weighted by atomic mass is 32.1. The molecule has 0 aliphatic carbocycles. The zero-order chi connectivity index (χ0) is 37.0. The van der Waals surface area contributed by atoms with Gasteiger partial charge in [0.1, 0.15) is 0 Å². The zero-order valence-electron chi connectivity index (χ0n) is 30.2. The molecule has 0 atom stereocenters. The second-order valence-corrected chi connectivity index (χ2v) is 16.3. The van der Waals surface area contributed by atoms with E-state index < -0.39 is 0 Å². The molecule has 8 aromatic carbocycles. The Balaban J connectivity index is 1.16. The zero-order valence-corrected chi connectivity index (χ0v) is 31.8. The molecule has 0 aliphatic rings. The van der Waals surface area contributed by atoms with Crippen molar-refractivity contribution in [3.63, 3.8) is 0 Å². The van der Waals surface area contributed by atoms with Crippen LogP contribution in [0.5, 0.6) is 0 Å². The Morgan fingerprint density at radius 1 is 0.286 bits per heavy atom. The van der Waals surface area contributed by atoms with E-state index in [9.17, 15) is 0 Å². The lowest BCUT2D eigenvalue weighted by Gasteiger charge is -2.18. The summed E-state index contributed by atoms with van der Waals surface area (Å²) in [5.41, 5.74) is 11.9. The molecule has 0 saturated heterocycles. The average Bonchev–Trinajstić information content (AvgIpc) is 3.84. The largest absolute Gasteiger partial charge is 0.228 e. The Morgan fingerprint density at radius 3 is 1.45 bits per heavy atom. The molecule has 0 bridgehead atoms. The first-order valence-corrected chi connectivity index (χ1v) is 20.4. The van der Waals surface area contributed by atoms with Crippen LogP contribution >= 0.6 is 22.7 Å². The quantitative estimate of drug-likeness (QED) is 0.169. The lowest BCUT2D eigenvalue weighted by atomic mass is 9.88. The number of hydrogen-bond acceptors (Lipinski definition) is 4. The molecule has 0 radical (unpaired) electrons. The normalized spacial score (nSPS) is 11.6. The first-order chi connectivity index (χ1) is 27.7. The van der Waals surface area contributed by atoms with E-state index in [1.165, 1.54) is 62.6 Å². The summed E-state index contributed by atoms with van der Waals surface area (Å²) in [6.45, 7) is 0. The number of nitrogens with zero attached hydrogens (tertiary/aromatic N) is 2. The van der Waals surface area contributed by atoms with E-state index >= 15 is 0 Å². The minimum atomic E-state index is 0.701. The minimum Gasteiger partial charge on any atom is -0.228 e. The number of fused-ring (bicyclic) bond motifs is 6. The Hall–Kier alpha value is -6.72. The Kier molecular flexibility index (Phi) is 7.90. The van der Waals surface area contributed by atoms with Crippen LogP contribution in [0.15, 0.2) is 194 Å². The number of benzene rings is 8. The summed E-state index contributed by atoms with van der Waals surface area (Å²) in [5, 5.41) is 5.14. The molecule has 3 heterocycles. The van der Waals surface area contributed by atoms with Gasteiger partial charge in [0.15, 0.2) is 5.82 Å². The molecular weight excluding hydrogens is 717 g/mol. The van der Waals surface area contributed by atoms with Gasteiger partial charge in [-0.1, -0.05) is 152 Å². The van der Waals surface area contributed by atoms with Crippen molar-refractivity contribution >= 4 is 63.0 Å². The van der Waals surface area contributed by atoms with Gasteiger partial charge in [-0.05, 0) is 75.8 Å². The Bertz CT molecular complexity index is 3230. The molecule has 4 heteroatoms. The maximum atomic E-state index is 5.36. The van der Waals surface area contributed by atoms with Crippen LogP contribution in [0.1, 0.15) is 0 Å². The van der Waals surface area contributed by atoms with Crippen LogP contribution in [0, 0.1) is 0 Å². The van der Waals surface area contributed by atoms with Gasteiger partial charge in [-0.15, -0.1) is 22.7 Å². The lowest BCUT2D eigenvalue weighted by Crippen LogP contribution is -1.98. The molecule has 56 heavy (non-hydrogen) atoms. The van der Waals surface area contributed by atoms with E-state index in [1.807, 2.05) is 28.7 Å². The fourth-order valence-corrected chi connectivity index (χ4v) is 10.2. The van der Waals surface area contributed by atoms with Gasteiger partial charge in [-0.25, -0.2) is 9.97 Å². The van der Waals surface area contributed by atoms with Gasteiger partial charge in [0.05, 0.1) is 11.4 Å². The second-order valence-electron chi connectivity index (χ2n) is 14.1. The third kappa shape index (κ3) is 5.70. The standard InChI is InChI=1S/C52H32N2S2/c1-3-12-33(13-4-1)34-22-24-35(25-23-34)45-32-46(54-52(53-45)36-14-5-2-6-15-36)42-19-11-18-39(37-26-28-49-43(30-37)40-16-7-9-20-47(40)55-49)51(42)38-27-29-50-44(31-38)41-17-8-10-21-48(41)56-50/h1-32H. The predicted octanol–water partition coefficient (Wildman–Crippen LogP) is 15.2. The Labute approximate surface area is 332 Å². The molecule has 11 rings (SSSR count). The van der Waals surface area contributed by atoms with Gasteiger partial charge < -0.3 is 0 Å². The maximum Gasteiger partial charge on any atom is 0.160 e. The van der Waals surface area contributed by atoms with Gasteiger partial charge in [0.2, 0.25) is 0 Å². The van der Waals surface area contributed by atoms with Crippen LogP contribution in [0.2, 0.25) is 0 Å². The van der Waals surface area contributed by atoms with E-state index in [1.54, 1.807) is 0 Å². The van der Waals surface area contributed by atoms with Crippen molar-refractivity contribution < 1.29 is 0 Å². The molecule has 0 spiro atoms. The molecule has 2 nitrogen and oxygen atoms in total. The molecule has 0 saturated carbocycles. The van der Waals surface area contributed by atoms with Gasteiger partial charge in [0, 0.05) is 57.0 Å². The van der Waals surface area contributed by atoms with E-state index in [0.29, 0.717) is 5.82 Å². The SMILES string of the molecule is c1ccc(-c2ccc(-c3cc(-c4cccc(-c5ccc6sc7ccccc7c6c5)c4-c4ccc5sc6ccccc6c5c4)nc(-c4ccccc4)n3)cc2)cc1. The number of thiophene rings is 2. The summed E-state index contributed by atoms with van der Waals surface area (Å²) in [6, 6.07) is 69.8. The van der Waals surface area contributed by atoms with Gasteiger partial charge >= 0.3 is 0 Å². The Morgan fingerprint density at radius 2 is 0.768 bits per heavy atom. The maximum absolute atomic E-state index is 5.36. The van der Waals surface area contributed by atoms with Gasteiger partial charge in [-0.3, -0.25) is 0 Å². The van der Waals surface area contributed by atoms with E-state index in [4.69, 9.17) is 9.97 Å². The fraction of sp³-hybridized carbons (Fsp3) is 0. The van der Waals surface area contributed by atoms with Crippen LogP contribution in [-0.2, 0) is 0 Å². The third-order valence-electron chi connectivity index (χ3n) is 10.7. The smallest absolute Gasteiger partial charge is 0.160 e. The number of rotatable bonds is 6. The highest BCUT2D eigenvalue weighted by molar-refractivity contribution is 7.26. The highest BCUT2D eigenvalue weighted by Crippen LogP contribution is 2.45. The summed E-state index contributed by atoms with van der Waals surface area (Å²) >= 11 is 3.70. The van der Waals surface area contributed by atoms with Crippen molar-refractivity contribution in [1.82, 2.24) is 9.97 Å².